The van der Waals surface area contributed by atoms with Crippen molar-refractivity contribution >= 4 is 15.5 Å². The van der Waals surface area contributed by atoms with Crippen molar-refractivity contribution in [3.05, 3.63) is 59.7 Å². The molecule has 1 atom stereocenters. The normalized spacial score (nSPS) is 12.9. The number of para-hydroxylation sites is 1. The Kier molecular flexibility index (Phi) is 4.68. The lowest BCUT2D eigenvalue weighted by Gasteiger charge is -2.18. The summed E-state index contributed by atoms with van der Waals surface area (Å²) in [6.07, 6.45) is 2.24. The molecule has 0 aromatic heterocycles. The Balaban J connectivity index is 2.25. The minimum Gasteiger partial charge on any atom is -0.377 e. The zero-order valence-electron chi connectivity index (χ0n) is 12.6. The molecule has 21 heavy (non-hydrogen) atoms. The number of nitrogens with one attached hydrogen (secondary N) is 1. The highest BCUT2D eigenvalue weighted by Gasteiger charge is 2.14. The lowest BCUT2D eigenvalue weighted by Crippen LogP contribution is -2.10. The molecule has 0 saturated carbocycles. The number of sulfone groups is 1. The minimum absolute atomic E-state index is 0.0406. The van der Waals surface area contributed by atoms with E-state index in [1.54, 1.807) is 18.2 Å². The van der Waals surface area contributed by atoms with Crippen LogP contribution < -0.4 is 5.32 Å². The van der Waals surface area contributed by atoms with Gasteiger partial charge in [-0.15, -0.1) is 0 Å². The molecule has 4 heteroatoms. The van der Waals surface area contributed by atoms with Gasteiger partial charge in [-0.05, 0) is 36.6 Å². The molecule has 0 saturated heterocycles. The number of hydrogen-bond donors (Lipinski definition) is 1. The second-order valence-corrected chi connectivity index (χ2v) is 7.21. The molecule has 0 spiro atoms. The summed E-state index contributed by atoms with van der Waals surface area (Å²) in [6.45, 7) is 4.15. The van der Waals surface area contributed by atoms with Crippen LogP contribution in [-0.4, -0.2) is 14.7 Å². The van der Waals surface area contributed by atoms with Gasteiger partial charge in [-0.3, -0.25) is 0 Å². The Labute approximate surface area is 126 Å². The predicted molar refractivity (Wildman–Crippen MR) is 87.4 cm³/mol. The molecule has 0 aliphatic carbocycles. The number of hydrogen-bond acceptors (Lipinski definition) is 3. The van der Waals surface area contributed by atoms with Crippen molar-refractivity contribution in [1.29, 1.82) is 0 Å². The van der Waals surface area contributed by atoms with Crippen LogP contribution in [0.3, 0.4) is 0 Å². The van der Waals surface area contributed by atoms with E-state index in [4.69, 9.17) is 0 Å². The summed E-state index contributed by atoms with van der Waals surface area (Å²) in [5.41, 5.74) is 3.07. The molecule has 0 amide bonds. The van der Waals surface area contributed by atoms with E-state index < -0.39 is 9.84 Å². The lowest BCUT2D eigenvalue weighted by molar-refractivity contribution is 0.602. The van der Waals surface area contributed by atoms with Crippen LogP contribution in [-0.2, 0) is 16.3 Å². The van der Waals surface area contributed by atoms with Crippen molar-refractivity contribution in [3.63, 3.8) is 0 Å². The van der Waals surface area contributed by atoms with Gasteiger partial charge in [0.2, 0.25) is 0 Å². The molecular weight excluding hydrogens is 282 g/mol. The van der Waals surface area contributed by atoms with Gasteiger partial charge in [0.05, 0.1) is 10.6 Å². The third-order valence-electron chi connectivity index (χ3n) is 3.55. The molecule has 0 radical (unpaired) electrons. The Morgan fingerprint density at radius 2 is 1.67 bits per heavy atom. The molecule has 0 unspecified atom stereocenters. The monoisotopic (exact) mass is 303 g/mol. The van der Waals surface area contributed by atoms with Crippen molar-refractivity contribution in [2.24, 2.45) is 0 Å². The first-order valence-electron chi connectivity index (χ1n) is 7.06. The van der Waals surface area contributed by atoms with Crippen LogP contribution in [0.4, 0.5) is 5.69 Å². The Hall–Kier alpha value is -1.81. The van der Waals surface area contributed by atoms with Crippen molar-refractivity contribution in [2.45, 2.75) is 31.2 Å². The molecule has 2 rings (SSSR count). The van der Waals surface area contributed by atoms with Crippen molar-refractivity contribution < 1.29 is 8.42 Å². The quantitative estimate of drug-likeness (QED) is 0.913. The highest BCUT2D eigenvalue weighted by molar-refractivity contribution is 7.90. The largest absolute Gasteiger partial charge is 0.377 e. The molecule has 112 valence electrons. The fraction of sp³-hybridized carbons (Fsp3) is 0.294. The average Bonchev–Trinajstić information content (AvgIpc) is 2.47. The SMILES string of the molecule is CCc1ccc([C@@H](C)Nc2ccccc2S(C)(=O)=O)cc1. The van der Waals surface area contributed by atoms with E-state index in [0.29, 0.717) is 10.6 Å². The Morgan fingerprint density at radius 3 is 2.24 bits per heavy atom. The summed E-state index contributed by atoms with van der Waals surface area (Å²) >= 11 is 0. The molecule has 0 fully saturated rings. The number of rotatable bonds is 5. The second kappa shape index (κ2) is 6.31. The molecule has 2 aromatic rings. The maximum Gasteiger partial charge on any atom is 0.177 e. The van der Waals surface area contributed by atoms with Crippen LogP contribution in [0.1, 0.15) is 31.0 Å². The number of anilines is 1. The fourth-order valence-electron chi connectivity index (χ4n) is 2.27. The summed E-state index contributed by atoms with van der Waals surface area (Å²) in [5, 5.41) is 3.29. The van der Waals surface area contributed by atoms with Crippen LogP contribution >= 0.6 is 0 Å². The van der Waals surface area contributed by atoms with Gasteiger partial charge in [0.1, 0.15) is 0 Å². The topological polar surface area (TPSA) is 46.2 Å². The van der Waals surface area contributed by atoms with Crippen LogP contribution in [0.5, 0.6) is 0 Å². The Morgan fingerprint density at radius 1 is 1.05 bits per heavy atom. The summed E-state index contributed by atoms with van der Waals surface area (Å²) in [5.74, 6) is 0. The molecule has 0 bridgehead atoms. The third kappa shape index (κ3) is 3.85. The van der Waals surface area contributed by atoms with Gasteiger partial charge in [0, 0.05) is 12.3 Å². The molecular formula is C17H21NO2S. The van der Waals surface area contributed by atoms with Gasteiger partial charge < -0.3 is 5.32 Å². The van der Waals surface area contributed by atoms with Crippen LogP contribution in [0.25, 0.3) is 0 Å². The fourth-order valence-corrected chi connectivity index (χ4v) is 3.12. The summed E-state index contributed by atoms with van der Waals surface area (Å²) in [6, 6.07) is 15.4. The predicted octanol–water partition coefficient (Wildman–Crippen LogP) is 3.83. The van der Waals surface area contributed by atoms with Crippen molar-refractivity contribution in [3.8, 4) is 0 Å². The number of aryl methyl sites for hydroxylation is 1. The first kappa shape index (κ1) is 15.6. The van der Waals surface area contributed by atoms with E-state index >= 15 is 0 Å². The second-order valence-electron chi connectivity index (χ2n) is 5.23. The third-order valence-corrected chi connectivity index (χ3v) is 4.70. The van der Waals surface area contributed by atoms with Gasteiger partial charge in [-0.2, -0.15) is 0 Å². The van der Waals surface area contributed by atoms with Gasteiger partial charge in [0.25, 0.3) is 0 Å². The van der Waals surface area contributed by atoms with Gasteiger partial charge >= 0.3 is 0 Å². The van der Waals surface area contributed by atoms with E-state index in [-0.39, 0.29) is 6.04 Å². The Bertz CT molecular complexity index is 706. The molecule has 2 aromatic carbocycles. The first-order chi connectivity index (χ1) is 9.91. The van der Waals surface area contributed by atoms with E-state index in [0.717, 1.165) is 12.0 Å². The van der Waals surface area contributed by atoms with Gasteiger partial charge in [0.15, 0.2) is 9.84 Å². The summed E-state index contributed by atoms with van der Waals surface area (Å²) in [4.78, 5) is 0.335. The smallest absolute Gasteiger partial charge is 0.177 e. The first-order valence-corrected chi connectivity index (χ1v) is 8.95. The maximum absolute atomic E-state index is 11.8. The van der Waals surface area contributed by atoms with Crippen LogP contribution in [0.2, 0.25) is 0 Å². The molecule has 0 heterocycles. The van der Waals surface area contributed by atoms with E-state index in [1.165, 1.54) is 11.8 Å². The number of benzene rings is 2. The van der Waals surface area contributed by atoms with Crippen LogP contribution in [0, 0.1) is 0 Å². The van der Waals surface area contributed by atoms with Crippen molar-refractivity contribution in [2.75, 3.05) is 11.6 Å². The highest BCUT2D eigenvalue weighted by Crippen LogP contribution is 2.25. The standard InChI is InChI=1S/C17H21NO2S/c1-4-14-9-11-15(12-10-14)13(2)18-16-7-5-6-8-17(16)21(3,19)20/h5-13,18H,4H2,1-3H3/t13-/m1/s1. The molecule has 1 N–H and O–H groups in total. The summed E-state index contributed by atoms with van der Waals surface area (Å²) < 4.78 is 23.6. The lowest BCUT2D eigenvalue weighted by atomic mass is 10.0. The van der Waals surface area contributed by atoms with Crippen LogP contribution in [0.15, 0.2) is 53.4 Å². The zero-order valence-corrected chi connectivity index (χ0v) is 13.4. The van der Waals surface area contributed by atoms with E-state index in [9.17, 15) is 8.42 Å². The summed E-state index contributed by atoms with van der Waals surface area (Å²) in [7, 11) is -3.23. The molecule has 3 nitrogen and oxygen atoms in total. The zero-order chi connectivity index (χ0) is 15.5. The van der Waals surface area contributed by atoms with Gasteiger partial charge in [-0.1, -0.05) is 43.3 Å². The minimum atomic E-state index is -3.23. The van der Waals surface area contributed by atoms with Crippen molar-refractivity contribution in [1.82, 2.24) is 0 Å². The van der Waals surface area contributed by atoms with Gasteiger partial charge in [-0.25, -0.2) is 8.42 Å². The molecule has 0 aliphatic rings. The maximum atomic E-state index is 11.8. The molecule has 0 aliphatic heterocycles. The van der Waals surface area contributed by atoms with E-state index in [1.807, 2.05) is 13.0 Å². The van der Waals surface area contributed by atoms with E-state index in [2.05, 4.69) is 36.5 Å². The highest BCUT2D eigenvalue weighted by atomic mass is 32.2. The average molecular weight is 303 g/mol.